The van der Waals surface area contributed by atoms with Crippen LogP contribution in [0.3, 0.4) is 0 Å². The van der Waals surface area contributed by atoms with Crippen molar-refractivity contribution in [1.29, 1.82) is 0 Å². The zero-order valence-electron chi connectivity index (χ0n) is 19.0. The number of aryl methyl sites for hydroxylation is 1. The van der Waals surface area contributed by atoms with E-state index < -0.39 is 0 Å². The molecule has 1 aliphatic heterocycles. The van der Waals surface area contributed by atoms with Crippen molar-refractivity contribution >= 4 is 16.8 Å². The van der Waals surface area contributed by atoms with Gasteiger partial charge in [-0.05, 0) is 73.8 Å². The predicted octanol–water partition coefficient (Wildman–Crippen LogP) is 4.70. The predicted molar refractivity (Wildman–Crippen MR) is 130 cm³/mol. The molecule has 1 aliphatic rings. The Kier molecular flexibility index (Phi) is 5.84. The number of carbonyl (C=O) groups excluding carboxylic acids is 1. The molecule has 1 saturated heterocycles. The van der Waals surface area contributed by atoms with Crippen LogP contribution in [0.15, 0.2) is 67.0 Å². The van der Waals surface area contributed by atoms with Crippen LogP contribution in [0, 0.1) is 6.92 Å². The van der Waals surface area contributed by atoms with E-state index in [1.807, 2.05) is 25.3 Å². The fourth-order valence-corrected chi connectivity index (χ4v) is 4.67. The minimum Gasteiger partial charge on any atom is -0.354 e. The smallest absolute Gasteiger partial charge is 0.269 e. The van der Waals surface area contributed by atoms with Crippen LogP contribution in [0.25, 0.3) is 22.0 Å². The molecule has 0 radical (unpaired) electrons. The number of rotatable bonds is 5. The van der Waals surface area contributed by atoms with Crippen molar-refractivity contribution in [2.45, 2.75) is 32.4 Å². The molecule has 6 nitrogen and oxygen atoms in total. The summed E-state index contributed by atoms with van der Waals surface area (Å²) >= 11 is 0. The van der Waals surface area contributed by atoms with E-state index >= 15 is 0 Å². The quantitative estimate of drug-likeness (QED) is 0.490. The number of pyridine rings is 3. The maximum absolute atomic E-state index is 11.8. The molecule has 1 fully saturated rings. The van der Waals surface area contributed by atoms with Crippen LogP contribution < -0.4 is 5.32 Å². The summed E-state index contributed by atoms with van der Waals surface area (Å²) < 4.78 is 0. The molecular formula is C27H27N5O. The Labute approximate surface area is 193 Å². The van der Waals surface area contributed by atoms with Gasteiger partial charge < -0.3 is 5.32 Å². The first-order chi connectivity index (χ1) is 16.1. The van der Waals surface area contributed by atoms with Crippen LogP contribution in [0.5, 0.6) is 0 Å². The molecule has 5 rings (SSSR count). The minimum atomic E-state index is -0.181. The minimum absolute atomic E-state index is 0.181. The first-order valence-electron chi connectivity index (χ1n) is 11.4. The van der Waals surface area contributed by atoms with Gasteiger partial charge in [0.2, 0.25) is 0 Å². The Hall–Kier alpha value is -3.64. The van der Waals surface area contributed by atoms with Crippen molar-refractivity contribution in [3.8, 4) is 11.1 Å². The molecule has 4 heterocycles. The van der Waals surface area contributed by atoms with Gasteiger partial charge in [0.1, 0.15) is 5.69 Å². The Morgan fingerprint density at radius 3 is 2.82 bits per heavy atom. The topological polar surface area (TPSA) is 71.0 Å². The zero-order chi connectivity index (χ0) is 22.8. The molecule has 3 aromatic heterocycles. The summed E-state index contributed by atoms with van der Waals surface area (Å²) in [5.41, 5.74) is 6.89. The summed E-state index contributed by atoms with van der Waals surface area (Å²) in [7, 11) is 1.61. The molecule has 1 N–H and O–H groups in total. The zero-order valence-corrected chi connectivity index (χ0v) is 19.0. The molecule has 166 valence electrons. The second-order valence-corrected chi connectivity index (χ2v) is 8.59. The van der Waals surface area contributed by atoms with Gasteiger partial charge in [-0.3, -0.25) is 24.6 Å². The normalized spacial score (nSPS) is 16.2. The van der Waals surface area contributed by atoms with E-state index in [0.717, 1.165) is 54.0 Å². The Morgan fingerprint density at radius 1 is 1.09 bits per heavy atom. The standard InChI is InChI=1S/C27H27N5O/c1-18-13-22(21-8-10-24(30-16-21)27(33)28-2)15-25(31-18)26-6-4-12-32(26)17-19-7-9-23-20(14-19)5-3-11-29-23/h3,5,7-11,13-16,26H,4,6,12,17H2,1-2H3,(H,28,33)/t26-/m0/s1. The third kappa shape index (κ3) is 4.47. The van der Waals surface area contributed by atoms with E-state index in [9.17, 15) is 4.79 Å². The average molecular weight is 438 g/mol. The highest BCUT2D eigenvalue weighted by molar-refractivity contribution is 5.92. The van der Waals surface area contributed by atoms with Crippen LogP contribution in [0.4, 0.5) is 0 Å². The summed E-state index contributed by atoms with van der Waals surface area (Å²) in [5, 5.41) is 3.79. The van der Waals surface area contributed by atoms with Gasteiger partial charge >= 0.3 is 0 Å². The van der Waals surface area contributed by atoms with Gasteiger partial charge in [-0.2, -0.15) is 0 Å². The number of hydrogen-bond acceptors (Lipinski definition) is 5. The molecule has 6 heteroatoms. The first-order valence-corrected chi connectivity index (χ1v) is 11.4. The number of amides is 1. The number of fused-ring (bicyclic) bond motifs is 1. The second-order valence-electron chi connectivity index (χ2n) is 8.59. The second kappa shape index (κ2) is 9.08. The molecule has 1 atom stereocenters. The highest BCUT2D eigenvalue weighted by Crippen LogP contribution is 2.34. The number of nitrogens with zero attached hydrogens (tertiary/aromatic N) is 4. The number of likely N-dealkylation sites (tertiary alicyclic amines) is 1. The van der Waals surface area contributed by atoms with E-state index in [1.54, 1.807) is 19.3 Å². The number of aromatic nitrogens is 3. The summed E-state index contributed by atoms with van der Waals surface area (Å²) in [6, 6.07) is 18.9. The maximum atomic E-state index is 11.8. The number of benzene rings is 1. The number of nitrogens with one attached hydrogen (secondary N) is 1. The highest BCUT2D eigenvalue weighted by atomic mass is 16.1. The van der Waals surface area contributed by atoms with Gasteiger partial charge in [0.05, 0.1) is 17.3 Å². The largest absolute Gasteiger partial charge is 0.354 e. The lowest BCUT2D eigenvalue weighted by molar-refractivity contribution is 0.0958. The lowest BCUT2D eigenvalue weighted by Gasteiger charge is -2.25. The fourth-order valence-electron chi connectivity index (χ4n) is 4.67. The van der Waals surface area contributed by atoms with Crippen molar-refractivity contribution in [2.75, 3.05) is 13.6 Å². The lowest BCUT2D eigenvalue weighted by Crippen LogP contribution is -2.23. The van der Waals surface area contributed by atoms with Crippen LogP contribution in [-0.4, -0.2) is 39.4 Å². The van der Waals surface area contributed by atoms with E-state index in [1.165, 1.54) is 10.9 Å². The molecular weight excluding hydrogens is 410 g/mol. The van der Waals surface area contributed by atoms with Crippen LogP contribution >= 0.6 is 0 Å². The lowest BCUT2D eigenvalue weighted by atomic mass is 10.0. The SMILES string of the molecule is CNC(=O)c1ccc(-c2cc(C)nc([C@@H]3CCCN3Cc3ccc4ncccc4c3)c2)cn1. The Bertz CT molecular complexity index is 1300. The third-order valence-electron chi connectivity index (χ3n) is 6.29. The molecule has 0 aliphatic carbocycles. The summed E-state index contributed by atoms with van der Waals surface area (Å²) in [5.74, 6) is -0.181. The Balaban J connectivity index is 1.40. The van der Waals surface area contributed by atoms with Gasteiger partial charge in [0, 0.05) is 42.6 Å². The van der Waals surface area contributed by atoms with Crippen molar-refractivity contribution in [3.63, 3.8) is 0 Å². The maximum Gasteiger partial charge on any atom is 0.269 e. The molecule has 0 unspecified atom stereocenters. The van der Waals surface area contributed by atoms with Gasteiger partial charge in [-0.25, -0.2) is 0 Å². The average Bonchev–Trinajstić information content (AvgIpc) is 3.31. The molecule has 33 heavy (non-hydrogen) atoms. The summed E-state index contributed by atoms with van der Waals surface area (Å²) in [4.78, 5) is 28.0. The highest BCUT2D eigenvalue weighted by Gasteiger charge is 2.27. The fraction of sp³-hybridized carbons (Fsp3) is 0.259. The van der Waals surface area contributed by atoms with Crippen molar-refractivity contribution in [1.82, 2.24) is 25.2 Å². The van der Waals surface area contributed by atoms with E-state index in [-0.39, 0.29) is 11.9 Å². The summed E-state index contributed by atoms with van der Waals surface area (Å²) in [6.45, 7) is 3.99. The van der Waals surface area contributed by atoms with E-state index in [0.29, 0.717) is 5.69 Å². The van der Waals surface area contributed by atoms with E-state index in [2.05, 4.69) is 56.6 Å². The van der Waals surface area contributed by atoms with Crippen molar-refractivity contribution in [2.24, 2.45) is 0 Å². The first kappa shape index (κ1) is 21.2. The van der Waals surface area contributed by atoms with Crippen LogP contribution in [0.1, 0.15) is 46.3 Å². The van der Waals surface area contributed by atoms with Crippen LogP contribution in [-0.2, 0) is 6.54 Å². The summed E-state index contributed by atoms with van der Waals surface area (Å²) in [6.07, 6.45) is 5.85. The number of hydrogen-bond donors (Lipinski definition) is 1. The number of carbonyl (C=O) groups is 1. The van der Waals surface area contributed by atoms with Gasteiger partial charge in [0.15, 0.2) is 0 Å². The van der Waals surface area contributed by atoms with Crippen molar-refractivity contribution in [3.05, 3.63) is 89.6 Å². The molecule has 1 amide bonds. The molecule has 4 aromatic rings. The molecule has 0 saturated carbocycles. The van der Waals surface area contributed by atoms with E-state index in [4.69, 9.17) is 4.98 Å². The monoisotopic (exact) mass is 437 g/mol. The molecule has 1 aromatic carbocycles. The third-order valence-corrected chi connectivity index (χ3v) is 6.29. The molecule has 0 spiro atoms. The van der Waals surface area contributed by atoms with Gasteiger partial charge in [-0.15, -0.1) is 0 Å². The van der Waals surface area contributed by atoms with Gasteiger partial charge in [0.25, 0.3) is 5.91 Å². The Morgan fingerprint density at radius 2 is 2.00 bits per heavy atom. The van der Waals surface area contributed by atoms with Crippen molar-refractivity contribution < 1.29 is 4.79 Å². The molecule has 0 bridgehead atoms. The van der Waals surface area contributed by atoms with Crippen LogP contribution in [0.2, 0.25) is 0 Å². The van der Waals surface area contributed by atoms with Gasteiger partial charge in [-0.1, -0.05) is 18.2 Å².